The number of rotatable bonds is 3. The molecule has 3 rings (SSSR count). The van der Waals surface area contributed by atoms with E-state index < -0.39 is 0 Å². The summed E-state index contributed by atoms with van der Waals surface area (Å²) in [6, 6.07) is 3.99. The largest absolute Gasteiger partial charge is 0.368 e. The Labute approximate surface area is 112 Å². The molecule has 19 heavy (non-hydrogen) atoms. The van der Waals surface area contributed by atoms with Gasteiger partial charge in [-0.2, -0.15) is 5.10 Å². The van der Waals surface area contributed by atoms with Crippen LogP contribution in [0.4, 0.5) is 5.69 Å². The number of anilines is 1. The molecule has 1 fully saturated rings. The average molecular weight is 258 g/mol. The lowest BCUT2D eigenvalue weighted by Crippen LogP contribution is -2.29. The number of hydrogen-bond donors (Lipinski definition) is 1. The number of pyridine rings is 1. The molecule has 0 radical (unpaired) electrons. The van der Waals surface area contributed by atoms with Crippen molar-refractivity contribution in [3.63, 3.8) is 0 Å². The maximum absolute atomic E-state index is 11.8. The number of hydrogen-bond acceptors (Lipinski definition) is 3. The van der Waals surface area contributed by atoms with Crippen LogP contribution >= 0.6 is 0 Å². The third-order valence-electron chi connectivity index (χ3n) is 3.46. The highest BCUT2D eigenvalue weighted by Crippen LogP contribution is 2.27. The Kier molecular flexibility index (Phi) is 2.66. The lowest BCUT2D eigenvalue weighted by Gasteiger charge is -2.16. The molecule has 3 heterocycles. The molecule has 1 aliphatic heterocycles. The predicted octanol–water partition coefficient (Wildman–Crippen LogP) is 1.42. The van der Waals surface area contributed by atoms with Gasteiger partial charge in [-0.05, 0) is 24.7 Å². The van der Waals surface area contributed by atoms with Gasteiger partial charge in [0.2, 0.25) is 5.91 Å². The molecule has 1 atom stereocenters. The van der Waals surface area contributed by atoms with Crippen LogP contribution in [0.1, 0.15) is 7.79 Å². The van der Waals surface area contributed by atoms with Gasteiger partial charge in [0.1, 0.15) is 0 Å². The van der Waals surface area contributed by atoms with Gasteiger partial charge in [0.25, 0.3) is 0 Å². The van der Waals surface area contributed by atoms with Crippen molar-refractivity contribution in [3.05, 3.63) is 43.3 Å². The molecule has 5 nitrogen and oxygen atoms in total. The standard InChI is InChI=1S/C14H16N4O/c1-2-15-14(19)11-6-8-17(10-11)13-9-16-18-7-4-3-5-12(13)18/h2-5,7,9,11H,1,6,8,10H2,(H,15,19)/i5T. The molecule has 1 aliphatic rings. The Morgan fingerprint density at radius 2 is 2.53 bits per heavy atom. The zero-order valence-corrected chi connectivity index (χ0v) is 10.5. The Hall–Kier alpha value is -2.30. The van der Waals surface area contributed by atoms with Crippen molar-refractivity contribution in [2.45, 2.75) is 6.42 Å². The molecule has 0 aliphatic carbocycles. The van der Waals surface area contributed by atoms with Crippen LogP contribution in [0.3, 0.4) is 0 Å². The monoisotopic (exact) mass is 258 g/mol. The molecular formula is C14H16N4O. The summed E-state index contributed by atoms with van der Waals surface area (Å²) in [7, 11) is 0. The average Bonchev–Trinajstić information content (AvgIpc) is 3.05. The zero-order chi connectivity index (χ0) is 14.1. The number of aromatic nitrogens is 2. The number of nitrogens with zero attached hydrogens (tertiary/aromatic N) is 3. The molecule has 1 saturated heterocycles. The lowest BCUT2D eigenvalue weighted by atomic mass is 10.1. The van der Waals surface area contributed by atoms with Gasteiger partial charge in [0.05, 0.1) is 24.7 Å². The van der Waals surface area contributed by atoms with Crippen molar-refractivity contribution in [3.8, 4) is 0 Å². The van der Waals surface area contributed by atoms with Crippen LogP contribution in [0.2, 0.25) is 0 Å². The minimum Gasteiger partial charge on any atom is -0.368 e. The first-order valence-electron chi connectivity index (χ1n) is 6.80. The first-order valence-corrected chi connectivity index (χ1v) is 6.30. The number of carbonyl (C=O) groups excluding carboxylic acids is 1. The van der Waals surface area contributed by atoms with Crippen molar-refractivity contribution >= 4 is 17.1 Å². The fourth-order valence-electron chi connectivity index (χ4n) is 2.50. The van der Waals surface area contributed by atoms with E-state index in [0.717, 1.165) is 24.2 Å². The SMILES string of the molecule is [3H]c1cccn2ncc(N3CCC(C(=O)NC=C)C3)c12. The molecule has 0 saturated carbocycles. The molecule has 0 bridgehead atoms. The number of nitrogens with one attached hydrogen (secondary N) is 1. The molecular weight excluding hydrogens is 240 g/mol. The molecule has 0 spiro atoms. The predicted molar refractivity (Wildman–Crippen MR) is 73.9 cm³/mol. The Morgan fingerprint density at radius 3 is 3.37 bits per heavy atom. The third kappa shape index (κ3) is 2.07. The van der Waals surface area contributed by atoms with E-state index in [1.807, 2.05) is 6.20 Å². The van der Waals surface area contributed by atoms with Crippen molar-refractivity contribution in [1.82, 2.24) is 14.9 Å². The quantitative estimate of drug-likeness (QED) is 0.906. The first kappa shape index (κ1) is 10.6. The number of carbonyl (C=O) groups is 1. The number of amides is 1. The van der Waals surface area contributed by atoms with Gasteiger partial charge in [-0.15, -0.1) is 0 Å². The molecule has 1 N–H and O–H groups in total. The zero-order valence-electron chi connectivity index (χ0n) is 11.5. The van der Waals surface area contributed by atoms with E-state index in [1.165, 1.54) is 6.20 Å². The van der Waals surface area contributed by atoms with Crippen molar-refractivity contribution in [1.29, 1.82) is 0 Å². The summed E-state index contributed by atoms with van der Waals surface area (Å²) in [5.74, 6) is -0.0362. The van der Waals surface area contributed by atoms with E-state index in [0.29, 0.717) is 12.6 Å². The van der Waals surface area contributed by atoms with Crippen molar-refractivity contribution in [2.75, 3.05) is 18.0 Å². The van der Waals surface area contributed by atoms with Gasteiger partial charge in [-0.1, -0.05) is 12.6 Å². The summed E-state index contributed by atoms with van der Waals surface area (Å²) in [6.07, 6.45) is 5.81. The summed E-state index contributed by atoms with van der Waals surface area (Å²) in [6.45, 7) is 4.95. The van der Waals surface area contributed by atoms with E-state index >= 15 is 0 Å². The summed E-state index contributed by atoms with van der Waals surface area (Å²) in [5.41, 5.74) is 1.71. The van der Waals surface area contributed by atoms with Crippen molar-refractivity contribution in [2.24, 2.45) is 5.92 Å². The minimum atomic E-state index is -0.0409. The van der Waals surface area contributed by atoms with Gasteiger partial charge in [-0.3, -0.25) is 4.79 Å². The van der Waals surface area contributed by atoms with Gasteiger partial charge < -0.3 is 10.2 Å². The van der Waals surface area contributed by atoms with Gasteiger partial charge in [0.15, 0.2) is 0 Å². The van der Waals surface area contributed by atoms with E-state index in [-0.39, 0.29) is 11.8 Å². The maximum Gasteiger partial charge on any atom is 0.228 e. The van der Waals surface area contributed by atoms with E-state index in [4.69, 9.17) is 1.37 Å². The summed E-state index contributed by atoms with van der Waals surface area (Å²) in [5, 5.41) is 6.91. The van der Waals surface area contributed by atoms with Crippen LogP contribution in [0.15, 0.2) is 43.3 Å². The van der Waals surface area contributed by atoms with Crippen LogP contribution in [0.25, 0.3) is 5.52 Å². The van der Waals surface area contributed by atoms with Crippen LogP contribution in [0, 0.1) is 5.92 Å². The van der Waals surface area contributed by atoms with Gasteiger partial charge in [-0.25, -0.2) is 4.52 Å². The molecule has 2 aromatic rings. The van der Waals surface area contributed by atoms with E-state index in [2.05, 4.69) is 21.9 Å². The van der Waals surface area contributed by atoms with Crippen LogP contribution < -0.4 is 10.2 Å². The second-order valence-electron chi connectivity index (χ2n) is 4.62. The normalized spacial score (nSPS) is 19.5. The molecule has 2 aromatic heterocycles. The Balaban J connectivity index is 1.86. The van der Waals surface area contributed by atoms with E-state index in [1.54, 1.807) is 22.8 Å². The first-order chi connectivity index (χ1) is 9.70. The topological polar surface area (TPSA) is 49.6 Å². The second-order valence-corrected chi connectivity index (χ2v) is 4.62. The highest BCUT2D eigenvalue weighted by molar-refractivity contribution is 5.82. The minimum absolute atomic E-state index is 0.00470. The number of fused-ring (bicyclic) bond motifs is 1. The molecule has 1 unspecified atom stereocenters. The van der Waals surface area contributed by atoms with E-state index in [9.17, 15) is 4.79 Å². The maximum atomic E-state index is 11.8. The second kappa shape index (κ2) is 4.76. The third-order valence-corrected chi connectivity index (χ3v) is 3.46. The van der Waals surface area contributed by atoms with Crippen molar-refractivity contribution < 1.29 is 6.17 Å². The van der Waals surface area contributed by atoms with Crippen LogP contribution in [-0.4, -0.2) is 28.6 Å². The fourth-order valence-corrected chi connectivity index (χ4v) is 2.50. The van der Waals surface area contributed by atoms with Gasteiger partial charge in [0, 0.05) is 19.3 Å². The molecule has 5 heteroatoms. The Morgan fingerprint density at radius 1 is 1.63 bits per heavy atom. The highest BCUT2D eigenvalue weighted by atomic mass is 16.1. The summed E-state index contributed by atoms with van der Waals surface area (Å²) >= 11 is 0. The highest BCUT2D eigenvalue weighted by Gasteiger charge is 2.29. The summed E-state index contributed by atoms with van der Waals surface area (Å²) < 4.78 is 9.71. The smallest absolute Gasteiger partial charge is 0.228 e. The summed E-state index contributed by atoms with van der Waals surface area (Å²) in [4.78, 5) is 13.9. The molecule has 98 valence electrons. The van der Waals surface area contributed by atoms with Gasteiger partial charge >= 0.3 is 0 Å². The van der Waals surface area contributed by atoms with Crippen LogP contribution in [0.5, 0.6) is 0 Å². The van der Waals surface area contributed by atoms with Crippen LogP contribution in [-0.2, 0) is 4.79 Å². The Bertz CT molecular complexity index is 666. The lowest BCUT2D eigenvalue weighted by molar-refractivity contribution is -0.123. The fraction of sp³-hybridized carbons (Fsp3) is 0.286. The molecule has 1 amide bonds. The molecule has 0 aromatic carbocycles.